The van der Waals surface area contributed by atoms with Crippen molar-refractivity contribution in [1.29, 1.82) is 0 Å². The fourth-order valence-corrected chi connectivity index (χ4v) is 4.27. The van der Waals surface area contributed by atoms with Gasteiger partial charge in [0.2, 0.25) is 10.0 Å². The minimum absolute atomic E-state index is 0.109. The summed E-state index contributed by atoms with van der Waals surface area (Å²) < 4.78 is 33.7. The van der Waals surface area contributed by atoms with Crippen molar-refractivity contribution < 1.29 is 23.1 Å². The van der Waals surface area contributed by atoms with Crippen LogP contribution in [0.1, 0.15) is 15.9 Å². The summed E-state index contributed by atoms with van der Waals surface area (Å²) in [4.78, 5) is 17.8. The summed E-state index contributed by atoms with van der Waals surface area (Å²) in [6.45, 7) is 2.66. The SMILES string of the molecule is CN(C)CCN(CCN(C)C)c1cc(C(=O)O)cc(S(=O)(=O)N(C)C)c1OCc1ccccc1. The molecule has 0 aliphatic carbocycles. The molecule has 0 unspecified atom stereocenters. The van der Waals surface area contributed by atoms with Crippen LogP contribution in [-0.2, 0) is 16.6 Å². The quantitative estimate of drug-likeness (QED) is 0.455. The maximum absolute atomic E-state index is 13.3. The van der Waals surface area contributed by atoms with Crippen LogP contribution < -0.4 is 9.64 Å². The van der Waals surface area contributed by atoms with Gasteiger partial charge in [-0.15, -0.1) is 0 Å². The van der Waals surface area contributed by atoms with E-state index in [9.17, 15) is 18.3 Å². The number of benzene rings is 2. The second-order valence-corrected chi connectivity index (χ2v) is 10.9. The number of sulfonamides is 1. The molecule has 2 aromatic rings. The zero-order valence-electron chi connectivity index (χ0n) is 20.9. The molecule has 0 heterocycles. The van der Waals surface area contributed by atoms with Gasteiger partial charge in [0.05, 0.1) is 11.3 Å². The Kier molecular flexibility index (Phi) is 9.87. The number of hydrogen-bond donors (Lipinski definition) is 1. The predicted molar refractivity (Wildman–Crippen MR) is 134 cm³/mol. The minimum Gasteiger partial charge on any atom is -0.485 e. The Morgan fingerprint density at radius 1 is 0.882 bits per heavy atom. The van der Waals surface area contributed by atoms with Gasteiger partial charge in [0.25, 0.3) is 0 Å². The van der Waals surface area contributed by atoms with Crippen molar-refractivity contribution in [2.45, 2.75) is 11.5 Å². The molecule has 0 amide bonds. The molecule has 34 heavy (non-hydrogen) atoms. The average molecular weight is 493 g/mol. The lowest BCUT2D eigenvalue weighted by atomic mass is 10.1. The van der Waals surface area contributed by atoms with E-state index < -0.39 is 16.0 Å². The van der Waals surface area contributed by atoms with Crippen LogP contribution in [0, 0.1) is 0 Å². The summed E-state index contributed by atoms with van der Waals surface area (Å²) in [7, 11) is 6.65. The predicted octanol–water partition coefficient (Wildman–Crippen LogP) is 2.14. The van der Waals surface area contributed by atoms with E-state index in [0.717, 1.165) is 9.87 Å². The fraction of sp³-hybridized carbons (Fsp3) is 0.458. The Morgan fingerprint density at radius 2 is 1.44 bits per heavy atom. The molecule has 2 aromatic carbocycles. The van der Waals surface area contributed by atoms with Crippen molar-refractivity contribution in [3.63, 3.8) is 0 Å². The Bertz CT molecular complexity index is 1040. The van der Waals surface area contributed by atoms with Gasteiger partial charge in [-0.2, -0.15) is 0 Å². The highest BCUT2D eigenvalue weighted by atomic mass is 32.2. The number of anilines is 1. The number of aromatic carboxylic acids is 1. The smallest absolute Gasteiger partial charge is 0.335 e. The molecule has 0 bridgehead atoms. The van der Waals surface area contributed by atoms with Crippen molar-refractivity contribution >= 4 is 21.7 Å². The second kappa shape index (κ2) is 12.2. The van der Waals surface area contributed by atoms with Crippen LogP contribution in [0.5, 0.6) is 5.75 Å². The Hall–Kier alpha value is -2.66. The third-order valence-electron chi connectivity index (χ3n) is 5.24. The Balaban J connectivity index is 2.71. The van der Waals surface area contributed by atoms with Crippen molar-refractivity contribution in [2.75, 3.05) is 73.4 Å². The number of hydrogen-bond acceptors (Lipinski definition) is 7. The summed E-state index contributed by atoms with van der Waals surface area (Å²) in [6, 6.07) is 12.1. The minimum atomic E-state index is -3.99. The zero-order valence-corrected chi connectivity index (χ0v) is 21.7. The van der Waals surface area contributed by atoms with E-state index in [4.69, 9.17) is 4.74 Å². The lowest BCUT2D eigenvalue weighted by molar-refractivity contribution is 0.0696. The van der Waals surface area contributed by atoms with E-state index in [1.807, 2.05) is 73.2 Å². The normalized spacial score (nSPS) is 11.9. The topological polar surface area (TPSA) is 93.6 Å². The van der Waals surface area contributed by atoms with E-state index in [1.54, 1.807) is 0 Å². The number of likely N-dealkylation sites (N-methyl/N-ethyl adjacent to an activating group) is 2. The number of ether oxygens (including phenoxy) is 1. The molecule has 2 rings (SSSR count). The van der Waals surface area contributed by atoms with Crippen LogP contribution in [-0.4, -0.2) is 102 Å². The van der Waals surface area contributed by atoms with Gasteiger partial charge in [-0.05, 0) is 45.9 Å². The molecule has 1 N–H and O–H groups in total. The van der Waals surface area contributed by atoms with Crippen LogP contribution >= 0.6 is 0 Å². The highest BCUT2D eigenvalue weighted by molar-refractivity contribution is 7.89. The first-order valence-electron chi connectivity index (χ1n) is 11.0. The molecule has 188 valence electrons. The molecule has 0 radical (unpaired) electrons. The summed E-state index contributed by atoms with van der Waals surface area (Å²) in [6.07, 6.45) is 0. The van der Waals surface area contributed by atoms with Gasteiger partial charge in [0.1, 0.15) is 11.5 Å². The van der Waals surface area contributed by atoms with Gasteiger partial charge in [-0.3, -0.25) is 0 Å². The van der Waals surface area contributed by atoms with Gasteiger partial charge in [-0.25, -0.2) is 17.5 Å². The van der Waals surface area contributed by atoms with Gasteiger partial charge >= 0.3 is 5.97 Å². The van der Waals surface area contributed by atoms with Crippen LogP contribution in [0.2, 0.25) is 0 Å². The van der Waals surface area contributed by atoms with E-state index in [-0.39, 0.29) is 22.8 Å². The largest absolute Gasteiger partial charge is 0.485 e. The lowest BCUT2D eigenvalue weighted by Crippen LogP contribution is -2.37. The van der Waals surface area contributed by atoms with Crippen LogP contribution in [0.4, 0.5) is 5.69 Å². The number of carboxylic acids is 1. The van der Waals surface area contributed by atoms with Crippen molar-refractivity contribution in [3.8, 4) is 5.75 Å². The first-order valence-corrected chi connectivity index (χ1v) is 12.4. The molecular weight excluding hydrogens is 456 g/mol. The molecule has 0 spiro atoms. The lowest BCUT2D eigenvalue weighted by Gasteiger charge is -2.31. The molecular formula is C24H36N4O5S. The zero-order chi connectivity index (χ0) is 25.5. The first kappa shape index (κ1) is 27.6. The van der Waals surface area contributed by atoms with Gasteiger partial charge < -0.3 is 24.5 Å². The number of rotatable bonds is 13. The number of carbonyl (C=O) groups is 1. The molecule has 0 aromatic heterocycles. The molecule has 0 aliphatic rings. The van der Waals surface area contributed by atoms with E-state index >= 15 is 0 Å². The van der Waals surface area contributed by atoms with Gasteiger partial charge in [-0.1, -0.05) is 30.3 Å². The molecule has 0 saturated heterocycles. The standard InChI is InChI=1S/C24H36N4O5S/c1-25(2)12-14-28(15-13-26(3)4)21-16-20(24(29)30)17-22(34(31,32)27(5)6)23(21)33-18-19-10-8-7-9-11-19/h7-11,16-17H,12-15,18H2,1-6H3,(H,29,30). The van der Waals surface area contributed by atoms with Gasteiger partial charge in [0, 0.05) is 40.3 Å². The third-order valence-corrected chi connectivity index (χ3v) is 7.06. The summed E-state index contributed by atoms with van der Waals surface area (Å²) in [5.74, 6) is -1.05. The van der Waals surface area contributed by atoms with Crippen LogP contribution in [0.15, 0.2) is 47.4 Å². The van der Waals surface area contributed by atoms with Crippen LogP contribution in [0.3, 0.4) is 0 Å². The highest BCUT2D eigenvalue weighted by Gasteiger charge is 2.29. The van der Waals surface area contributed by atoms with Gasteiger partial charge in [0.15, 0.2) is 5.75 Å². The molecule has 0 fully saturated rings. The number of carboxylic acid groups (broad SMARTS) is 1. The van der Waals surface area contributed by atoms with E-state index in [0.29, 0.717) is 31.9 Å². The van der Waals surface area contributed by atoms with E-state index in [1.165, 1.54) is 26.2 Å². The monoisotopic (exact) mass is 492 g/mol. The van der Waals surface area contributed by atoms with E-state index in [2.05, 4.69) is 0 Å². The maximum Gasteiger partial charge on any atom is 0.335 e. The second-order valence-electron chi connectivity index (χ2n) is 8.78. The molecule has 0 atom stereocenters. The van der Waals surface area contributed by atoms with Crippen molar-refractivity contribution in [2.24, 2.45) is 0 Å². The average Bonchev–Trinajstić information content (AvgIpc) is 2.77. The molecule has 0 saturated carbocycles. The summed E-state index contributed by atoms with van der Waals surface area (Å²) in [5, 5.41) is 9.77. The Morgan fingerprint density at radius 3 is 1.91 bits per heavy atom. The van der Waals surface area contributed by atoms with Crippen molar-refractivity contribution in [3.05, 3.63) is 53.6 Å². The number of nitrogens with zero attached hydrogens (tertiary/aromatic N) is 4. The van der Waals surface area contributed by atoms with Crippen LogP contribution in [0.25, 0.3) is 0 Å². The highest BCUT2D eigenvalue weighted by Crippen LogP contribution is 2.38. The molecule has 10 heteroatoms. The Labute approximate surface area is 203 Å². The summed E-state index contributed by atoms with van der Waals surface area (Å²) in [5.41, 5.74) is 1.21. The molecule has 9 nitrogen and oxygen atoms in total. The fourth-order valence-electron chi connectivity index (χ4n) is 3.20. The summed E-state index contributed by atoms with van der Waals surface area (Å²) >= 11 is 0. The maximum atomic E-state index is 13.3. The first-order chi connectivity index (χ1) is 15.9. The molecule has 0 aliphatic heterocycles. The third kappa shape index (κ3) is 7.42. The van der Waals surface area contributed by atoms with Crippen molar-refractivity contribution in [1.82, 2.24) is 14.1 Å².